The number of hydrogen-bond donors (Lipinski definition) is 2. The van der Waals surface area contributed by atoms with Gasteiger partial charge in [0.15, 0.2) is 0 Å². The largest absolute Gasteiger partial charge is 0.481 e. The fourth-order valence-corrected chi connectivity index (χ4v) is 3.47. The minimum absolute atomic E-state index is 0.0883. The van der Waals surface area contributed by atoms with E-state index in [2.05, 4.69) is 6.08 Å². The van der Waals surface area contributed by atoms with Gasteiger partial charge in [-0.25, -0.2) is 0 Å². The van der Waals surface area contributed by atoms with E-state index in [0.29, 0.717) is 12.3 Å². The molecule has 0 aromatic heterocycles. The van der Waals surface area contributed by atoms with Crippen molar-refractivity contribution in [1.82, 2.24) is 0 Å². The first-order chi connectivity index (χ1) is 9.22. The van der Waals surface area contributed by atoms with E-state index in [1.54, 1.807) is 0 Å². The van der Waals surface area contributed by atoms with Gasteiger partial charge in [-0.05, 0) is 25.2 Å². The topological polar surface area (TPSA) is 79.3 Å². The number of carboxylic acid groups (broad SMARTS) is 1. The maximum Gasteiger partial charge on any atom is 0.303 e. The second-order valence-electron chi connectivity index (χ2n) is 5.63. The van der Waals surface area contributed by atoms with Crippen molar-refractivity contribution >= 4 is 5.97 Å². The zero-order valence-electron chi connectivity index (χ0n) is 10.8. The molecule has 19 heavy (non-hydrogen) atoms. The summed E-state index contributed by atoms with van der Waals surface area (Å²) in [6.07, 6.45) is 7.43. The molecule has 0 spiro atoms. The highest BCUT2D eigenvalue weighted by molar-refractivity contribution is 5.66. The van der Waals surface area contributed by atoms with Crippen LogP contribution in [0.4, 0.5) is 0 Å². The van der Waals surface area contributed by atoms with Crippen LogP contribution in [0, 0.1) is 11.8 Å². The zero-order valence-corrected chi connectivity index (χ0v) is 10.8. The molecule has 0 aromatic carbocycles. The molecule has 3 saturated heterocycles. The maximum absolute atomic E-state index is 10.4. The molecular weight excluding hydrogens is 248 g/mol. The molecule has 0 radical (unpaired) electrons. The van der Waals surface area contributed by atoms with Gasteiger partial charge in [-0.1, -0.05) is 12.2 Å². The molecule has 3 rings (SSSR count). The number of rotatable bonds is 7. The van der Waals surface area contributed by atoms with Crippen molar-refractivity contribution in [3.05, 3.63) is 12.2 Å². The standard InChI is InChI=1S/C14H20O5/c15-7-9-8(5-3-1-2-4-6-10(16)17)11-13-14(19-13)12(9)18-11/h1,3,8-9,11-15H,2,4-7H2,(H,16,17)/b3-1-/t8-,9+,11+,12-,13-,14+/m0/s1. The number of fused-ring (bicyclic) bond motifs is 5. The lowest BCUT2D eigenvalue weighted by Crippen LogP contribution is -2.34. The van der Waals surface area contributed by atoms with Gasteiger partial charge in [-0.2, -0.15) is 0 Å². The molecule has 3 heterocycles. The number of aliphatic carboxylic acids is 1. The molecule has 3 aliphatic heterocycles. The third-order valence-corrected chi connectivity index (χ3v) is 4.46. The maximum atomic E-state index is 10.4. The number of ether oxygens (including phenoxy) is 2. The molecule has 2 bridgehead atoms. The zero-order chi connectivity index (χ0) is 13.4. The second-order valence-corrected chi connectivity index (χ2v) is 5.63. The Bertz CT molecular complexity index is 380. The van der Waals surface area contributed by atoms with Crippen molar-refractivity contribution in [3.8, 4) is 0 Å². The Kier molecular flexibility index (Phi) is 3.60. The summed E-state index contributed by atoms with van der Waals surface area (Å²) in [5, 5.41) is 18.0. The number of hydrogen-bond acceptors (Lipinski definition) is 4. The fraction of sp³-hybridized carbons (Fsp3) is 0.786. The molecule has 0 aliphatic carbocycles. The van der Waals surface area contributed by atoms with Gasteiger partial charge >= 0.3 is 5.97 Å². The van der Waals surface area contributed by atoms with Gasteiger partial charge in [-0.3, -0.25) is 4.79 Å². The molecule has 0 unspecified atom stereocenters. The lowest BCUT2D eigenvalue weighted by atomic mass is 9.78. The molecular formula is C14H20O5. The SMILES string of the molecule is O=C(O)CCC/C=C\C[C@H]1[C@@H](CO)[C@@H]2O[C@H]1[C@@H]1O[C@@H]12. The van der Waals surface area contributed by atoms with Crippen molar-refractivity contribution < 1.29 is 24.5 Å². The number of epoxide rings is 1. The number of unbranched alkanes of at least 4 members (excludes halogenated alkanes) is 1. The van der Waals surface area contributed by atoms with Crippen LogP contribution in [0.25, 0.3) is 0 Å². The minimum Gasteiger partial charge on any atom is -0.481 e. The van der Waals surface area contributed by atoms with E-state index in [4.69, 9.17) is 14.6 Å². The average Bonchev–Trinajstić information content (AvgIpc) is 3.01. The summed E-state index contributed by atoms with van der Waals surface area (Å²) in [4.78, 5) is 10.4. The van der Waals surface area contributed by atoms with Crippen LogP contribution in [0.3, 0.4) is 0 Å². The summed E-state index contributed by atoms with van der Waals surface area (Å²) in [6.45, 7) is 0.158. The molecule has 0 saturated carbocycles. The highest BCUT2D eigenvalue weighted by atomic mass is 16.7. The first-order valence-electron chi connectivity index (χ1n) is 7.01. The molecule has 106 valence electrons. The van der Waals surface area contributed by atoms with E-state index >= 15 is 0 Å². The lowest BCUT2D eigenvalue weighted by molar-refractivity contribution is -0.137. The molecule has 2 N–H and O–H groups in total. The molecule has 3 aliphatic rings. The fourth-order valence-electron chi connectivity index (χ4n) is 3.47. The molecule has 6 atom stereocenters. The van der Waals surface area contributed by atoms with Crippen LogP contribution < -0.4 is 0 Å². The number of aliphatic hydroxyl groups is 1. The van der Waals surface area contributed by atoms with Gasteiger partial charge in [-0.15, -0.1) is 0 Å². The summed E-state index contributed by atoms with van der Waals surface area (Å²) in [5.41, 5.74) is 0. The molecule has 5 nitrogen and oxygen atoms in total. The Balaban J connectivity index is 1.45. The minimum atomic E-state index is -0.743. The van der Waals surface area contributed by atoms with Crippen molar-refractivity contribution in [3.63, 3.8) is 0 Å². The van der Waals surface area contributed by atoms with Gasteiger partial charge in [0.1, 0.15) is 12.2 Å². The van der Waals surface area contributed by atoms with Crippen LogP contribution in [0.15, 0.2) is 12.2 Å². The smallest absolute Gasteiger partial charge is 0.303 e. The number of aliphatic hydroxyl groups excluding tert-OH is 1. The second kappa shape index (κ2) is 5.23. The predicted molar refractivity (Wildman–Crippen MR) is 66.6 cm³/mol. The van der Waals surface area contributed by atoms with Crippen LogP contribution in [-0.4, -0.2) is 47.2 Å². The number of carbonyl (C=O) groups is 1. The number of allylic oxidation sites excluding steroid dienone is 2. The van der Waals surface area contributed by atoms with E-state index < -0.39 is 5.97 Å². The van der Waals surface area contributed by atoms with Crippen LogP contribution in [0.5, 0.6) is 0 Å². The van der Waals surface area contributed by atoms with Crippen molar-refractivity contribution in [2.75, 3.05) is 6.61 Å². The van der Waals surface area contributed by atoms with Crippen LogP contribution in [0.2, 0.25) is 0 Å². The molecule has 3 fully saturated rings. The van der Waals surface area contributed by atoms with Crippen molar-refractivity contribution in [2.45, 2.75) is 50.1 Å². The first kappa shape index (κ1) is 13.1. The van der Waals surface area contributed by atoms with E-state index in [0.717, 1.165) is 12.8 Å². The first-order valence-corrected chi connectivity index (χ1v) is 7.01. The van der Waals surface area contributed by atoms with Crippen LogP contribution in [0.1, 0.15) is 25.7 Å². The monoisotopic (exact) mass is 268 g/mol. The summed E-state index contributed by atoms with van der Waals surface area (Å²) in [7, 11) is 0. The van der Waals surface area contributed by atoms with Gasteiger partial charge in [0, 0.05) is 18.9 Å². The Morgan fingerprint density at radius 1 is 1.05 bits per heavy atom. The summed E-state index contributed by atoms with van der Waals surface area (Å²) < 4.78 is 11.4. The summed E-state index contributed by atoms with van der Waals surface area (Å²) in [5.74, 6) is -0.209. The summed E-state index contributed by atoms with van der Waals surface area (Å²) >= 11 is 0. The molecule has 0 amide bonds. The third kappa shape index (κ3) is 2.42. The third-order valence-electron chi connectivity index (χ3n) is 4.46. The van der Waals surface area contributed by atoms with E-state index in [1.165, 1.54) is 0 Å². The van der Waals surface area contributed by atoms with E-state index in [1.807, 2.05) is 6.08 Å². The lowest BCUT2D eigenvalue weighted by Gasteiger charge is -2.22. The van der Waals surface area contributed by atoms with Crippen LogP contribution >= 0.6 is 0 Å². The summed E-state index contributed by atoms with van der Waals surface area (Å²) in [6, 6.07) is 0. The van der Waals surface area contributed by atoms with Crippen molar-refractivity contribution in [2.24, 2.45) is 11.8 Å². The van der Waals surface area contributed by atoms with Crippen molar-refractivity contribution in [1.29, 1.82) is 0 Å². The predicted octanol–water partition coefficient (Wildman–Crippen LogP) is 0.961. The van der Waals surface area contributed by atoms with Gasteiger partial charge in [0.05, 0.1) is 12.2 Å². The Hall–Kier alpha value is -0.910. The molecule has 0 aromatic rings. The van der Waals surface area contributed by atoms with Gasteiger partial charge in [0.25, 0.3) is 0 Å². The van der Waals surface area contributed by atoms with Gasteiger partial charge < -0.3 is 19.7 Å². The molecule has 5 heteroatoms. The highest BCUT2D eigenvalue weighted by Crippen LogP contribution is 2.54. The quantitative estimate of drug-likeness (QED) is 0.408. The van der Waals surface area contributed by atoms with E-state index in [-0.39, 0.29) is 43.4 Å². The highest BCUT2D eigenvalue weighted by Gasteiger charge is 2.68. The normalized spacial score (nSPS) is 42.8. The van der Waals surface area contributed by atoms with E-state index in [9.17, 15) is 9.90 Å². The van der Waals surface area contributed by atoms with Crippen LogP contribution in [-0.2, 0) is 14.3 Å². The Morgan fingerprint density at radius 2 is 1.74 bits per heavy atom. The van der Waals surface area contributed by atoms with Gasteiger partial charge in [0.2, 0.25) is 0 Å². The Labute approximate surface area is 112 Å². The average molecular weight is 268 g/mol. The Morgan fingerprint density at radius 3 is 2.42 bits per heavy atom. The number of carboxylic acids is 1.